The zero-order valence-electron chi connectivity index (χ0n) is 13.0. The van der Waals surface area contributed by atoms with Crippen molar-refractivity contribution in [3.63, 3.8) is 0 Å². The second kappa shape index (κ2) is 6.94. The van der Waals surface area contributed by atoms with Crippen LogP contribution in [0.4, 0.5) is 5.69 Å². The summed E-state index contributed by atoms with van der Waals surface area (Å²) in [7, 11) is 1.92. The molecular weight excluding hydrogens is 260 g/mol. The van der Waals surface area contributed by atoms with Crippen LogP contribution in [0.15, 0.2) is 36.7 Å². The van der Waals surface area contributed by atoms with E-state index in [1.54, 1.807) is 4.68 Å². The lowest BCUT2D eigenvalue weighted by Gasteiger charge is -2.29. The molecule has 0 aliphatic carbocycles. The molecular formula is C17H22N4. The van der Waals surface area contributed by atoms with E-state index in [2.05, 4.69) is 54.2 Å². The van der Waals surface area contributed by atoms with Crippen LogP contribution in [-0.2, 0) is 7.05 Å². The Hall–Kier alpha value is -2.28. The van der Waals surface area contributed by atoms with E-state index < -0.39 is 0 Å². The van der Waals surface area contributed by atoms with E-state index in [0.717, 1.165) is 29.7 Å². The highest BCUT2D eigenvalue weighted by Crippen LogP contribution is 2.24. The maximum absolute atomic E-state index is 9.05. The van der Waals surface area contributed by atoms with E-state index in [4.69, 9.17) is 5.26 Å². The van der Waals surface area contributed by atoms with Crippen molar-refractivity contribution in [2.75, 3.05) is 11.4 Å². The Kier molecular flexibility index (Phi) is 4.99. The van der Waals surface area contributed by atoms with Gasteiger partial charge >= 0.3 is 0 Å². The lowest BCUT2D eigenvalue weighted by atomic mass is 10.1. The molecule has 0 N–H and O–H groups in total. The van der Waals surface area contributed by atoms with Crippen molar-refractivity contribution in [2.45, 2.75) is 32.7 Å². The van der Waals surface area contributed by atoms with Gasteiger partial charge in [0.1, 0.15) is 6.54 Å². The van der Waals surface area contributed by atoms with Gasteiger partial charge in [0, 0.05) is 30.5 Å². The summed E-state index contributed by atoms with van der Waals surface area (Å²) in [6, 6.07) is 11.0. The summed E-state index contributed by atoms with van der Waals surface area (Å²) in [5.41, 5.74) is 3.36. The molecule has 2 aromatic rings. The van der Waals surface area contributed by atoms with Gasteiger partial charge in [0.05, 0.1) is 12.3 Å². The summed E-state index contributed by atoms with van der Waals surface area (Å²) in [5, 5.41) is 13.2. The Bertz CT molecular complexity index is 606. The Morgan fingerprint density at radius 3 is 2.52 bits per heavy atom. The molecule has 1 atom stereocenters. The van der Waals surface area contributed by atoms with Crippen molar-refractivity contribution in [1.29, 1.82) is 5.26 Å². The van der Waals surface area contributed by atoms with Crippen molar-refractivity contribution >= 4 is 5.69 Å². The van der Waals surface area contributed by atoms with E-state index in [0.29, 0.717) is 12.6 Å². The van der Waals surface area contributed by atoms with Crippen LogP contribution in [0.2, 0.25) is 0 Å². The van der Waals surface area contributed by atoms with Crippen LogP contribution in [0.1, 0.15) is 26.7 Å². The standard InChI is InChI=1S/C17H22N4/c1-4-5-14(2)21(11-10-18)17-8-6-15(7-9-17)16-12-19-20(3)13-16/h6-9,12-14H,4-5,11H2,1-3H3. The van der Waals surface area contributed by atoms with Crippen molar-refractivity contribution in [3.05, 3.63) is 36.7 Å². The highest BCUT2D eigenvalue weighted by atomic mass is 15.2. The van der Waals surface area contributed by atoms with Crippen LogP contribution < -0.4 is 4.90 Å². The quantitative estimate of drug-likeness (QED) is 0.760. The average molecular weight is 282 g/mol. The van der Waals surface area contributed by atoms with Crippen LogP contribution in [0, 0.1) is 11.3 Å². The maximum Gasteiger partial charge on any atom is 0.106 e. The molecule has 0 spiro atoms. The predicted molar refractivity (Wildman–Crippen MR) is 86.0 cm³/mol. The van der Waals surface area contributed by atoms with Gasteiger partial charge in [-0.1, -0.05) is 25.5 Å². The van der Waals surface area contributed by atoms with Gasteiger partial charge in [0.15, 0.2) is 0 Å². The highest BCUT2D eigenvalue weighted by molar-refractivity contribution is 5.65. The molecule has 0 fully saturated rings. The first-order valence-electron chi connectivity index (χ1n) is 7.38. The SMILES string of the molecule is CCCC(C)N(CC#N)c1ccc(-c2cnn(C)c2)cc1. The molecule has 110 valence electrons. The van der Waals surface area contributed by atoms with E-state index in [1.807, 2.05) is 19.4 Å². The molecule has 0 aliphatic heterocycles. The highest BCUT2D eigenvalue weighted by Gasteiger charge is 2.13. The van der Waals surface area contributed by atoms with Gasteiger partial charge in [0.2, 0.25) is 0 Å². The normalized spacial score (nSPS) is 11.9. The number of nitrogens with zero attached hydrogens (tertiary/aromatic N) is 4. The van der Waals surface area contributed by atoms with Crippen LogP contribution in [-0.4, -0.2) is 22.4 Å². The number of aromatic nitrogens is 2. The summed E-state index contributed by atoms with van der Waals surface area (Å²) >= 11 is 0. The Balaban J connectivity index is 2.21. The van der Waals surface area contributed by atoms with Gasteiger partial charge in [0.25, 0.3) is 0 Å². The van der Waals surface area contributed by atoms with Crippen molar-refractivity contribution in [2.24, 2.45) is 7.05 Å². The first-order chi connectivity index (χ1) is 10.2. The van der Waals surface area contributed by atoms with E-state index in [9.17, 15) is 0 Å². The third-order valence-electron chi connectivity index (χ3n) is 3.72. The second-order valence-electron chi connectivity index (χ2n) is 5.37. The second-order valence-corrected chi connectivity index (χ2v) is 5.37. The van der Waals surface area contributed by atoms with Gasteiger partial charge in [-0.3, -0.25) is 4.68 Å². The van der Waals surface area contributed by atoms with Crippen LogP contribution in [0.25, 0.3) is 11.1 Å². The van der Waals surface area contributed by atoms with Crippen molar-refractivity contribution in [3.8, 4) is 17.2 Å². The van der Waals surface area contributed by atoms with Crippen LogP contribution in [0.5, 0.6) is 0 Å². The number of rotatable bonds is 6. The summed E-state index contributed by atoms with van der Waals surface area (Å²) in [4.78, 5) is 2.16. The molecule has 0 saturated heterocycles. The molecule has 4 nitrogen and oxygen atoms in total. The number of nitriles is 1. The van der Waals surface area contributed by atoms with Gasteiger partial charge in [-0.15, -0.1) is 0 Å². The van der Waals surface area contributed by atoms with E-state index >= 15 is 0 Å². The first kappa shape index (κ1) is 15.1. The number of aryl methyl sites for hydroxylation is 1. The van der Waals surface area contributed by atoms with Crippen molar-refractivity contribution in [1.82, 2.24) is 9.78 Å². The number of benzene rings is 1. The zero-order valence-corrected chi connectivity index (χ0v) is 13.0. The van der Waals surface area contributed by atoms with Crippen molar-refractivity contribution < 1.29 is 0 Å². The average Bonchev–Trinajstić information content (AvgIpc) is 2.92. The Morgan fingerprint density at radius 1 is 1.29 bits per heavy atom. The molecule has 1 heterocycles. The number of hydrogen-bond acceptors (Lipinski definition) is 3. The minimum absolute atomic E-state index is 0.374. The van der Waals surface area contributed by atoms with Gasteiger partial charge in [-0.05, 0) is 31.0 Å². The monoisotopic (exact) mass is 282 g/mol. The maximum atomic E-state index is 9.05. The third kappa shape index (κ3) is 3.63. The Labute approximate surface area is 126 Å². The molecule has 0 bridgehead atoms. The zero-order chi connectivity index (χ0) is 15.2. The minimum atomic E-state index is 0.374. The largest absolute Gasteiger partial charge is 0.355 e. The molecule has 21 heavy (non-hydrogen) atoms. The summed E-state index contributed by atoms with van der Waals surface area (Å²) in [6.45, 7) is 4.77. The predicted octanol–water partition coefficient (Wildman–Crippen LogP) is 3.61. The fraction of sp³-hybridized carbons (Fsp3) is 0.412. The lowest BCUT2D eigenvalue weighted by Crippen LogP contribution is -2.33. The summed E-state index contributed by atoms with van der Waals surface area (Å²) < 4.78 is 1.80. The molecule has 0 radical (unpaired) electrons. The molecule has 0 saturated carbocycles. The molecule has 1 aromatic heterocycles. The van der Waals surface area contributed by atoms with E-state index in [1.165, 1.54) is 0 Å². The number of hydrogen-bond donors (Lipinski definition) is 0. The topological polar surface area (TPSA) is 44.9 Å². The number of anilines is 1. The fourth-order valence-corrected chi connectivity index (χ4v) is 2.57. The molecule has 0 amide bonds. The van der Waals surface area contributed by atoms with Crippen LogP contribution >= 0.6 is 0 Å². The smallest absolute Gasteiger partial charge is 0.106 e. The van der Waals surface area contributed by atoms with E-state index in [-0.39, 0.29) is 0 Å². The summed E-state index contributed by atoms with van der Waals surface area (Å²) in [5.74, 6) is 0. The fourth-order valence-electron chi connectivity index (χ4n) is 2.57. The Morgan fingerprint density at radius 2 is 2.00 bits per heavy atom. The van der Waals surface area contributed by atoms with Gasteiger partial charge < -0.3 is 4.90 Å². The minimum Gasteiger partial charge on any atom is -0.355 e. The molecule has 4 heteroatoms. The first-order valence-corrected chi connectivity index (χ1v) is 7.38. The molecule has 2 rings (SSSR count). The van der Waals surface area contributed by atoms with Gasteiger partial charge in [-0.25, -0.2) is 0 Å². The van der Waals surface area contributed by atoms with Crippen LogP contribution in [0.3, 0.4) is 0 Å². The third-order valence-corrected chi connectivity index (χ3v) is 3.72. The molecule has 1 unspecified atom stereocenters. The molecule has 0 aliphatic rings. The summed E-state index contributed by atoms with van der Waals surface area (Å²) in [6.07, 6.45) is 6.08. The lowest BCUT2D eigenvalue weighted by molar-refractivity contribution is 0.602. The molecule has 1 aromatic carbocycles. The van der Waals surface area contributed by atoms with Gasteiger partial charge in [-0.2, -0.15) is 10.4 Å².